The summed E-state index contributed by atoms with van der Waals surface area (Å²) in [5.74, 6) is -1.48. The molecule has 7 heteroatoms. The van der Waals surface area contributed by atoms with Crippen LogP contribution in [-0.2, 0) is 6.54 Å². The van der Waals surface area contributed by atoms with Crippen LogP contribution >= 0.6 is 11.6 Å². The van der Waals surface area contributed by atoms with E-state index in [1.54, 1.807) is 0 Å². The lowest BCUT2D eigenvalue weighted by Gasteiger charge is -2.08. The van der Waals surface area contributed by atoms with E-state index in [0.29, 0.717) is 0 Å². The van der Waals surface area contributed by atoms with Crippen LogP contribution in [-0.4, -0.2) is 16.1 Å². The molecule has 1 aromatic heterocycles. The molecule has 0 atom stereocenters. The Kier molecular flexibility index (Phi) is 3.54. The molecule has 0 amide bonds. The highest BCUT2D eigenvalue weighted by atomic mass is 35.5. The number of nitrogens with zero attached hydrogens (tertiary/aromatic N) is 1. The maximum absolute atomic E-state index is 12.5. The number of pyridine rings is 1. The van der Waals surface area contributed by atoms with E-state index >= 15 is 0 Å². The van der Waals surface area contributed by atoms with Gasteiger partial charge < -0.3 is 10.8 Å². The zero-order valence-corrected chi connectivity index (χ0v) is 8.13. The molecule has 4 nitrogen and oxygen atoms in total. The largest absolute Gasteiger partial charge is 0.478 e. The van der Waals surface area contributed by atoms with Gasteiger partial charge in [-0.3, -0.25) is 0 Å². The Balaban J connectivity index is 3.42. The molecule has 1 heterocycles. The average Bonchev–Trinajstić information content (AvgIpc) is 2.15. The first-order valence-corrected chi connectivity index (χ1v) is 4.26. The highest BCUT2D eigenvalue weighted by molar-refractivity contribution is 6.30. The first-order chi connectivity index (χ1) is 6.97. The van der Waals surface area contributed by atoms with Gasteiger partial charge in [0.05, 0.1) is 16.8 Å². The molecule has 82 valence electrons. The predicted molar refractivity (Wildman–Crippen MR) is 49.1 cm³/mol. The molecule has 0 aromatic carbocycles. The van der Waals surface area contributed by atoms with Gasteiger partial charge in [0.15, 0.2) is 0 Å². The van der Waals surface area contributed by atoms with Crippen molar-refractivity contribution in [3.05, 3.63) is 28.0 Å². The van der Waals surface area contributed by atoms with E-state index in [4.69, 9.17) is 22.4 Å². The zero-order chi connectivity index (χ0) is 11.6. The molecule has 3 N–H and O–H groups in total. The lowest BCUT2D eigenvalue weighted by atomic mass is 10.1. The second-order valence-corrected chi connectivity index (χ2v) is 3.03. The minimum Gasteiger partial charge on any atom is -0.478 e. The maximum Gasteiger partial charge on any atom is 0.336 e. The normalized spacial score (nSPS) is 10.7. The van der Waals surface area contributed by atoms with Crippen molar-refractivity contribution >= 4 is 17.6 Å². The highest BCUT2D eigenvalue weighted by Crippen LogP contribution is 2.29. The van der Waals surface area contributed by atoms with Crippen LogP contribution in [0, 0.1) is 0 Å². The first-order valence-electron chi connectivity index (χ1n) is 3.88. The summed E-state index contributed by atoms with van der Waals surface area (Å²) >= 11 is 5.44. The summed E-state index contributed by atoms with van der Waals surface area (Å²) in [6.45, 7) is -0.0660. The average molecular weight is 237 g/mol. The van der Waals surface area contributed by atoms with Crippen molar-refractivity contribution in [2.75, 3.05) is 0 Å². The monoisotopic (exact) mass is 236 g/mol. The van der Waals surface area contributed by atoms with E-state index in [9.17, 15) is 13.6 Å². The van der Waals surface area contributed by atoms with Crippen LogP contribution in [0.25, 0.3) is 0 Å². The maximum atomic E-state index is 12.5. The molecule has 0 aliphatic carbocycles. The number of hydrogen-bond donors (Lipinski definition) is 2. The molecular formula is C8H7ClF2N2O2. The van der Waals surface area contributed by atoms with Gasteiger partial charge in [-0.15, -0.1) is 0 Å². The second kappa shape index (κ2) is 4.50. The number of carbonyl (C=O) groups is 1. The summed E-state index contributed by atoms with van der Waals surface area (Å²) in [5, 5.41) is 8.18. The van der Waals surface area contributed by atoms with Crippen molar-refractivity contribution in [3.63, 3.8) is 0 Å². The van der Waals surface area contributed by atoms with Crippen LogP contribution in [0.3, 0.4) is 0 Å². The van der Waals surface area contributed by atoms with E-state index in [2.05, 4.69) is 4.98 Å². The van der Waals surface area contributed by atoms with Crippen molar-refractivity contribution in [1.29, 1.82) is 0 Å². The van der Waals surface area contributed by atoms with Gasteiger partial charge in [0.2, 0.25) is 0 Å². The standard InChI is InChI=1S/C8H7ClF2N2O2/c9-6-5(7(10)11)4(8(14)15)1-3(2-12)13-6/h1,7H,2,12H2,(H,14,15). The molecular weight excluding hydrogens is 230 g/mol. The van der Waals surface area contributed by atoms with Crippen LogP contribution in [0.2, 0.25) is 5.15 Å². The van der Waals surface area contributed by atoms with E-state index in [-0.39, 0.29) is 12.2 Å². The summed E-state index contributed by atoms with van der Waals surface area (Å²) in [6, 6.07) is 0.996. The molecule has 0 fully saturated rings. The molecule has 1 rings (SSSR count). The third kappa shape index (κ3) is 2.40. The van der Waals surface area contributed by atoms with Crippen molar-refractivity contribution in [1.82, 2.24) is 4.98 Å². The Morgan fingerprint density at radius 2 is 2.27 bits per heavy atom. The summed E-state index contributed by atoms with van der Waals surface area (Å²) in [4.78, 5) is 14.2. The van der Waals surface area contributed by atoms with Crippen LogP contribution in [0.4, 0.5) is 8.78 Å². The fourth-order valence-electron chi connectivity index (χ4n) is 1.06. The molecule has 0 bridgehead atoms. The van der Waals surface area contributed by atoms with Crippen LogP contribution in [0.15, 0.2) is 6.07 Å². The lowest BCUT2D eigenvalue weighted by Crippen LogP contribution is -2.09. The van der Waals surface area contributed by atoms with Crippen LogP contribution in [0.5, 0.6) is 0 Å². The van der Waals surface area contributed by atoms with E-state index in [0.717, 1.165) is 6.07 Å². The summed E-state index contributed by atoms with van der Waals surface area (Å²) in [5.41, 5.74) is 4.03. The van der Waals surface area contributed by atoms with Crippen molar-refractivity contribution in [3.8, 4) is 0 Å². The molecule has 0 radical (unpaired) electrons. The second-order valence-electron chi connectivity index (χ2n) is 2.68. The smallest absolute Gasteiger partial charge is 0.336 e. The van der Waals surface area contributed by atoms with Crippen molar-refractivity contribution in [2.24, 2.45) is 5.73 Å². The fraction of sp³-hybridized carbons (Fsp3) is 0.250. The number of aromatic nitrogens is 1. The Morgan fingerprint density at radius 1 is 1.67 bits per heavy atom. The van der Waals surface area contributed by atoms with Gasteiger partial charge in [-0.2, -0.15) is 0 Å². The third-order valence-corrected chi connectivity index (χ3v) is 2.01. The topological polar surface area (TPSA) is 76.2 Å². The number of carboxylic acids is 1. The first kappa shape index (κ1) is 11.8. The SMILES string of the molecule is NCc1cc(C(=O)O)c(C(F)F)c(Cl)n1. The van der Waals surface area contributed by atoms with Gasteiger partial charge >= 0.3 is 5.97 Å². The van der Waals surface area contributed by atoms with E-state index in [1.165, 1.54) is 0 Å². The van der Waals surface area contributed by atoms with Crippen molar-refractivity contribution in [2.45, 2.75) is 13.0 Å². The van der Waals surface area contributed by atoms with Gasteiger partial charge in [-0.05, 0) is 6.07 Å². The number of nitrogens with two attached hydrogens (primary N) is 1. The minimum atomic E-state index is -2.98. The molecule has 15 heavy (non-hydrogen) atoms. The summed E-state index contributed by atoms with van der Waals surface area (Å²) in [6.07, 6.45) is -2.98. The Labute approximate surface area is 88.7 Å². The molecule has 0 unspecified atom stereocenters. The molecule has 0 spiro atoms. The van der Waals surface area contributed by atoms with Gasteiger partial charge in [0.1, 0.15) is 5.15 Å². The molecule has 0 aliphatic heterocycles. The fourth-order valence-corrected chi connectivity index (χ4v) is 1.36. The Morgan fingerprint density at radius 3 is 2.67 bits per heavy atom. The lowest BCUT2D eigenvalue weighted by molar-refractivity contribution is 0.0684. The number of hydrogen-bond acceptors (Lipinski definition) is 3. The van der Waals surface area contributed by atoms with Gasteiger partial charge in [0, 0.05) is 6.54 Å². The third-order valence-electron chi connectivity index (χ3n) is 1.72. The highest BCUT2D eigenvalue weighted by Gasteiger charge is 2.23. The van der Waals surface area contributed by atoms with E-state index in [1.807, 2.05) is 0 Å². The van der Waals surface area contributed by atoms with Gasteiger partial charge in [0.25, 0.3) is 6.43 Å². The zero-order valence-electron chi connectivity index (χ0n) is 7.38. The number of carboxylic acid groups (broad SMARTS) is 1. The van der Waals surface area contributed by atoms with Gasteiger partial charge in [-0.25, -0.2) is 18.6 Å². The number of halogens is 3. The Hall–Kier alpha value is -1.27. The molecule has 1 aromatic rings. The molecule has 0 aliphatic rings. The number of aromatic carboxylic acids is 1. The number of alkyl halides is 2. The van der Waals surface area contributed by atoms with E-state index < -0.39 is 28.7 Å². The summed E-state index contributed by atoms with van der Waals surface area (Å²) < 4.78 is 24.9. The van der Waals surface area contributed by atoms with Crippen LogP contribution < -0.4 is 5.73 Å². The quantitative estimate of drug-likeness (QED) is 0.785. The predicted octanol–water partition coefficient (Wildman–Crippen LogP) is 1.83. The van der Waals surface area contributed by atoms with Crippen molar-refractivity contribution < 1.29 is 18.7 Å². The van der Waals surface area contributed by atoms with Gasteiger partial charge in [-0.1, -0.05) is 11.6 Å². The molecule has 0 saturated heterocycles. The number of rotatable bonds is 3. The minimum absolute atomic E-state index is 0.0660. The molecule has 0 saturated carbocycles. The summed E-state index contributed by atoms with van der Waals surface area (Å²) in [7, 11) is 0. The van der Waals surface area contributed by atoms with Crippen LogP contribution in [0.1, 0.15) is 28.0 Å². The Bertz CT molecular complexity index is 398.